The highest BCUT2D eigenvalue weighted by molar-refractivity contribution is 5.96. The molecule has 0 aliphatic carbocycles. The lowest BCUT2D eigenvalue weighted by molar-refractivity contribution is -0.125. The second-order valence-electron chi connectivity index (χ2n) is 5.83. The monoisotopic (exact) mass is 301 g/mol. The van der Waals surface area contributed by atoms with Crippen LogP contribution in [0.1, 0.15) is 24.8 Å². The number of piperidine rings is 1. The Morgan fingerprint density at radius 3 is 2.77 bits per heavy atom. The molecule has 0 unspecified atom stereocenters. The van der Waals surface area contributed by atoms with E-state index >= 15 is 0 Å². The number of likely N-dealkylation sites (tertiary alicyclic amines) is 1. The Kier molecular flexibility index (Phi) is 4.09. The Labute approximate surface area is 128 Å². The van der Waals surface area contributed by atoms with E-state index in [1.165, 1.54) is 0 Å². The molecular weight excluding hydrogens is 282 g/mol. The quantitative estimate of drug-likeness (QED) is 0.828. The van der Waals surface area contributed by atoms with E-state index in [9.17, 15) is 14.4 Å². The largest absolute Gasteiger partial charge is 0.345 e. The molecule has 0 aromatic heterocycles. The summed E-state index contributed by atoms with van der Waals surface area (Å²) in [6, 6.07) is 5.56. The summed E-state index contributed by atoms with van der Waals surface area (Å²) in [5.74, 6) is -0.0106. The molecule has 3 rings (SSSR count). The number of hydrogen-bond donors (Lipinski definition) is 2. The van der Waals surface area contributed by atoms with Crippen LogP contribution in [0.5, 0.6) is 0 Å². The first-order valence-corrected chi connectivity index (χ1v) is 7.58. The molecular formula is C16H19N3O3. The van der Waals surface area contributed by atoms with Gasteiger partial charge in [0.1, 0.15) is 0 Å². The van der Waals surface area contributed by atoms with Crippen LogP contribution in [0.3, 0.4) is 0 Å². The number of nitrogens with one attached hydrogen (secondary N) is 2. The van der Waals surface area contributed by atoms with E-state index in [-0.39, 0.29) is 17.7 Å². The van der Waals surface area contributed by atoms with Crippen LogP contribution in [0.4, 0.5) is 11.4 Å². The summed E-state index contributed by atoms with van der Waals surface area (Å²) in [5.41, 5.74) is 2.64. The van der Waals surface area contributed by atoms with Crippen molar-refractivity contribution in [2.24, 2.45) is 5.92 Å². The molecule has 0 atom stereocenters. The maximum Gasteiger partial charge on any atom is 0.227 e. The fourth-order valence-corrected chi connectivity index (χ4v) is 2.97. The lowest BCUT2D eigenvalue weighted by Gasteiger charge is -2.28. The molecule has 1 saturated heterocycles. The lowest BCUT2D eigenvalue weighted by atomic mass is 9.96. The SMILES string of the molecule is O=CN1CCC(C(=O)Nc2ccc3c(c2)CCC(=O)N3)CC1. The third-order valence-electron chi connectivity index (χ3n) is 4.32. The molecule has 6 nitrogen and oxygen atoms in total. The van der Waals surface area contributed by atoms with Crippen LogP contribution < -0.4 is 10.6 Å². The summed E-state index contributed by atoms with van der Waals surface area (Å²) in [4.78, 5) is 36.0. The Hall–Kier alpha value is -2.37. The van der Waals surface area contributed by atoms with Gasteiger partial charge in [-0.15, -0.1) is 0 Å². The van der Waals surface area contributed by atoms with Gasteiger partial charge in [0.25, 0.3) is 0 Å². The number of benzene rings is 1. The standard InChI is InChI=1S/C16H19N3O3/c20-10-19-7-5-11(6-8-19)16(22)17-13-2-3-14-12(9-13)1-4-15(21)18-14/h2-3,9-11H,1,4-8H2,(H,17,22)(H,18,21). The van der Waals surface area contributed by atoms with Crippen LogP contribution in [0.2, 0.25) is 0 Å². The first-order chi connectivity index (χ1) is 10.7. The van der Waals surface area contributed by atoms with Gasteiger partial charge in [-0.1, -0.05) is 0 Å². The predicted molar refractivity (Wildman–Crippen MR) is 82.4 cm³/mol. The summed E-state index contributed by atoms with van der Waals surface area (Å²) in [6.07, 6.45) is 3.42. The lowest BCUT2D eigenvalue weighted by Crippen LogP contribution is -2.37. The zero-order valence-electron chi connectivity index (χ0n) is 12.3. The van der Waals surface area contributed by atoms with Crippen LogP contribution in [-0.4, -0.2) is 36.2 Å². The van der Waals surface area contributed by atoms with Gasteiger partial charge in [-0.3, -0.25) is 14.4 Å². The van der Waals surface area contributed by atoms with Crippen LogP contribution in [0.25, 0.3) is 0 Å². The average molecular weight is 301 g/mol. The third kappa shape index (κ3) is 3.10. The van der Waals surface area contributed by atoms with Crippen LogP contribution in [0, 0.1) is 5.92 Å². The van der Waals surface area contributed by atoms with Gasteiger partial charge in [-0.05, 0) is 43.0 Å². The highest BCUT2D eigenvalue weighted by atomic mass is 16.2. The van der Waals surface area contributed by atoms with Crippen molar-refractivity contribution < 1.29 is 14.4 Å². The summed E-state index contributed by atoms with van der Waals surface area (Å²) in [6.45, 7) is 1.27. The number of amides is 3. The fourth-order valence-electron chi connectivity index (χ4n) is 2.97. The van der Waals surface area contributed by atoms with Gasteiger partial charge >= 0.3 is 0 Å². The predicted octanol–water partition coefficient (Wildman–Crippen LogP) is 1.38. The smallest absolute Gasteiger partial charge is 0.227 e. The zero-order valence-corrected chi connectivity index (χ0v) is 12.3. The van der Waals surface area contributed by atoms with E-state index in [1.54, 1.807) is 4.90 Å². The molecule has 2 N–H and O–H groups in total. The van der Waals surface area contributed by atoms with Gasteiger partial charge in [0.2, 0.25) is 18.2 Å². The van der Waals surface area contributed by atoms with Crippen LogP contribution >= 0.6 is 0 Å². The number of carbonyl (C=O) groups is 3. The van der Waals surface area contributed by atoms with Gasteiger partial charge in [-0.25, -0.2) is 0 Å². The van der Waals surface area contributed by atoms with Crippen LogP contribution in [0.15, 0.2) is 18.2 Å². The maximum absolute atomic E-state index is 12.3. The molecule has 6 heteroatoms. The summed E-state index contributed by atoms with van der Waals surface area (Å²) in [5, 5.41) is 5.77. The molecule has 1 aromatic rings. The molecule has 0 bridgehead atoms. The number of anilines is 2. The minimum absolute atomic E-state index is 0.00495. The van der Waals surface area contributed by atoms with E-state index in [4.69, 9.17) is 0 Å². The molecule has 2 heterocycles. The molecule has 1 aromatic carbocycles. The number of carbonyl (C=O) groups excluding carboxylic acids is 3. The number of hydrogen-bond acceptors (Lipinski definition) is 3. The number of nitrogens with zero attached hydrogens (tertiary/aromatic N) is 1. The molecule has 0 radical (unpaired) electrons. The van der Waals surface area contributed by atoms with E-state index in [0.717, 1.165) is 23.3 Å². The van der Waals surface area contributed by atoms with Crippen molar-refractivity contribution in [3.63, 3.8) is 0 Å². The first-order valence-electron chi connectivity index (χ1n) is 7.58. The topological polar surface area (TPSA) is 78.5 Å². The summed E-state index contributed by atoms with van der Waals surface area (Å²) in [7, 11) is 0. The maximum atomic E-state index is 12.3. The fraction of sp³-hybridized carbons (Fsp3) is 0.438. The van der Waals surface area contributed by atoms with Crippen molar-refractivity contribution in [2.75, 3.05) is 23.7 Å². The Morgan fingerprint density at radius 2 is 2.05 bits per heavy atom. The van der Waals surface area contributed by atoms with Gasteiger partial charge in [0.15, 0.2) is 0 Å². The van der Waals surface area contributed by atoms with Crippen molar-refractivity contribution >= 4 is 29.6 Å². The van der Waals surface area contributed by atoms with Crippen molar-refractivity contribution in [2.45, 2.75) is 25.7 Å². The van der Waals surface area contributed by atoms with Crippen molar-refractivity contribution in [1.29, 1.82) is 0 Å². The Bertz CT molecular complexity index is 607. The van der Waals surface area contributed by atoms with E-state index in [1.807, 2.05) is 18.2 Å². The minimum Gasteiger partial charge on any atom is -0.345 e. The van der Waals surface area contributed by atoms with Gasteiger partial charge in [-0.2, -0.15) is 0 Å². The van der Waals surface area contributed by atoms with Crippen molar-refractivity contribution in [1.82, 2.24) is 4.90 Å². The van der Waals surface area contributed by atoms with Crippen molar-refractivity contribution in [3.8, 4) is 0 Å². The third-order valence-corrected chi connectivity index (χ3v) is 4.32. The Balaban J connectivity index is 1.62. The highest BCUT2D eigenvalue weighted by Gasteiger charge is 2.24. The molecule has 22 heavy (non-hydrogen) atoms. The molecule has 116 valence electrons. The molecule has 0 spiro atoms. The number of fused-ring (bicyclic) bond motifs is 1. The highest BCUT2D eigenvalue weighted by Crippen LogP contribution is 2.26. The summed E-state index contributed by atoms with van der Waals surface area (Å²) >= 11 is 0. The summed E-state index contributed by atoms with van der Waals surface area (Å²) < 4.78 is 0. The van der Waals surface area contributed by atoms with Crippen LogP contribution in [-0.2, 0) is 20.8 Å². The number of rotatable bonds is 3. The van der Waals surface area contributed by atoms with Gasteiger partial charge < -0.3 is 15.5 Å². The van der Waals surface area contributed by atoms with Gasteiger partial charge in [0.05, 0.1) is 0 Å². The first kappa shape index (κ1) is 14.6. The minimum atomic E-state index is -0.0491. The van der Waals surface area contributed by atoms with E-state index < -0.39 is 0 Å². The normalized spacial score (nSPS) is 18.4. The Morgan fingerprint density at radius 1 is 1.27 bits per heavy atom. The molecule has 0 saturated carbocycles. The second kappa shape index (κ2) is 6.17. The van der Waals surface area contributed by atoms with E-state index in [2.05, 4.69) is 10.6 Å². The van der Waals surface area contributed by atoms with Crippen molar-refractivity contribution in [3.05, 3.63) is 23.8 Å². The number of aryl methyl sites for hydroxylation is 1. The molecule has 2 aliphatic rings. The molecule has 3 amide bonds. The zero-order chi connectivity index (χ0) is 15.5. The average Bonchev–Trinajstić information content (AvgIpc) is 2.55. The van der Waals surface area contributed by atoms with E-state index in [0.29, 0.717) is 38.8 Å². The molecule has 1 fully saturated rings. The van der Waals surface area contributed by atoms with Gasteiger partial charge in [0, 0.05) is 36.8 Å². The molecule has 2 aliphatic heterocycles. The second-order valence-corrected chi connectivity index (χ2v) is 5.83.